The van der Waals surface area contributed by atoms with E-state index in [0.29, 0.717) is 5.52 Å². The Bertz CT molecular complexity index is 1710. The summed E-state index contributed by atoms with van der Waals surface area (Å²) in [6.07, 6.45) is 6.03. The van der Waals surface area contributed by atoms with Gasteiger partial charge in [-0.2, -0.15) is 0 Å². The fourth-order valence-electron chi connectivity index (χ4n) is 4.49. The molecule has 5 aromatic rings. The van der Waals surface area contributed by atoms with E-state index in [2.05, 4.69) is 35.8 Å². The Labute approximate surface area is 198 Å². The molecule has 3 aromatic carbocycles. The van der Waals surface area contributed by atoms with Gasteiger partial charge in [-0.05, 0) is 72.5 Å². The number of benzene rings is 3. The first-order chi connectivity index (χ1) is 16.5. The smallest absolute Gasteiger partial charge is 0.279 e. The van der Waals surface area contributed by atoms with Crippen molar-refractivity contribution in [3.05, 3.63) is 137 Å². The van der Waals surface area contributed by atoms with Crippen LogP contribution < -0.4 is 5.56 Å². The maximum atomic E-state index is 13.7. The molecule has 34 heavy (non-hydrogen) atoms. The molecule has 2 aromatic heterocycles. The second-order valence-electron chi connectivity index (χ2n) is 8.48. The van der Waals surface area contributed by atoms with Crippen molar-refractivity contribution in [1.29, 1.82) is 0 Å². The van der Waals surface area contributed by atoms with Gasteiger partial charge in [0.2, 0.25) is 0 Å². The van der Waals surface area contributed by atoms with E-state index in [-0.39, 0.29) is 5.56 Å². The average molecular weight is 443 g/mol. The van der Waals surface area contributed by atoms with E-state index < -0.39 is 0 Å². The largest absolute Gasteiger partial charge is 0.303 e. The van der Waals surface area contributed by atoms with Gasteiger partial charge in [0.05, 0.1) is 16.6 Å². The van der Waals surface area contributed by atoms with Crippen LogP contribution in [0.1, 0.15) is 19.4 Å². The van der Waals surface area contributed by atoms with Gasteiger partial charge in [0.15, 0.2) is 0 Å². The lowest BCUT2D eigenvalue weighted by atomic mass is 10.0. The molecule has 0 amide bonds. The molecule has 0 unspecified atom stereocenters. The van der Waals surface area contributed by atoms with E-state index in [1.54, 1.807) is 4.57 Å². The summed E-state index contributed by atoms with van der Waals surface area (Å²) < 4.78 is 3.86. The van der Waals surface area contributed by atoms with Gasteiger partial charge in [0.1, 0.15) is 5.52 Å². The highest BCUT2D eigenvalue weighted by molar-refractivity contribution is 5.95. The highest BCUT2D eigenvalue weighted by atomic mass is 16.1. The normalized spacial score (nSPS) is 12.2. The first-order valence-electron chi connectivity index (χ1n) is 11.3. The SMILES string of the molecule is C=C(/C=C\C)/C(C)=C/C(=C)c1ccc2c(c1)n1c(cc3ccccc31)c(=O)n2-c1ccccc1. The predicted molar refractivity (Wildman–Crippen MR) is 145 cm³/mol. The maximum absolute atomic E-state index is 13.7. The number of aromatic nitrogens is 2. The lowest BCUT2D eigenvalue weighted by molar-refractivity contribution is 1.03. The van der Waals surface area contributed by atoms with Crippen molar-refractivity contribution in [1.82, 2.24) is 8.97 Å². The molecule has 0 aliphatic heterocycles. The van der Waals surface area contributed by atoms with E-state index in [9.17, 15) is 4.79 Å². The predicted octanol–water partition coefficient (Wildman–Crippen LogP) is 7.49. The molecule has 0 aliphatic carbocycles. The lowest BCUT2D eigenvalue weighted by Crippen LogP contribution is -2.21. The zero-order chi connectivity index (χ0) is 23.8. The minimum atomic E-state index is -0.0418. The highest BCUT2D eigenvalue weighted by Crippen LogP contribution is 2.28. The summed E-state index contributed by atoms with van der Waals surface area (Å²) in [7, 11) is 0. The lowest BCUT2D eigenvalue weighted by Gasteiger charge is -2.15. The van der Waals surface area contributed by atoms with Gasteiger partial charge in [-0.1, -0.05) is 73.9 Å². The van der Waals surface area contributed by atoms with Crippen LogP contribution >= 0.6 is 0 Å². The third kappa shape index (κ3) is 3.52. The standard InChI is InChI=1S/C31H26N2O/c1-5-11-21(2)22(3)18-23(4)24-16-17-28-29(19-24)33-27-15-10-9-12-25(27)20-30(33)31(34)32(28)26-13-7-6-8-14-26/h5-20H,2,4H2,1,3H3/b11-5-,22-18+. The average Bonchev–Trinajstić information content (AvgIpc) is 3.25. The number of rotatable bonds is 5. The monoisotopic (exact) mass is 442 g/mol. The fraction of sp³-hybridized carbons (Fsp3) is 0.0645. The molecule has 0 bridgehead atoms. The molecule has 5 rings (SSSR count). The Morgan fingerprint density at radius 2 is 1.56 bits per heavy atom. The Morgan fingerprint density at radius 1 is 0.824 bits per heavy atom. The Morgan fingerprint density at radius 3 is 2.32 bits per heavy atom. The Balaban J connectivity index is 1.83. The first-order valence-corrected chi connectivity index (χ1v) is 11.3. The zero-order valence-electron chi connectivity index (χ0n) is 19.5. The van der Waals surface area contributed by atoms with Crippen LogP contribution in [0.5, 0.6) is 0 Å². The second kappa shape index (κ2) is 8.53. The molecule has 0 radical (unpaired) electrons. The van der Waals surface area contributed by atoms with Gasteiger partial charge in [0, 0.05) is 11.1 Å². The molecule has 0 aliphatic rings. The van der Waals surface area contributed by atoms with E-state index in [1.165, 1.54) is 0 Å². The van der Waals surface area contributed by atoms with E-state index in [1.807, 2.05) is 92.7 Å². The van der Waals surface area contributed by atoms with Gasteiger partial charge in [0.25, 0.3) is 5.56 Å². The van der Waals surface area contributed by atoms with Crippen molar-refractivity contribution < 1.29 is 0 Å². The number of hydrogen-bond donors (Lipinski definition) is 0. The van der Waals surface area contributed by atoms with Gasteiger partial charge in [-0.3, -0.25) is 9.36 Å². The van der Waals surface area contributed by atoms with Gasteiger partial charge < -0.3 is 4.40 Å². The topological polar surface area (TPSA) is 26.4 Å². The molecular formula is C31H26N2O. The minimum Gasteiger partial charge on any atom is -0.303 e. The van der Waals surface area contributed by atoms with Crippen molar-refractivity contribution in [2.75, 3.05) is 0 Å². The number of fused-ring (bicyclic) bond motifs is 5. The summed E-state index contributed by atoms with van der Waals surface area (Å²) >= 11 is 0. The molecule has 0 saturated heterocycles. The van der Waals surface area contributed by atoms with Crippen molar-refractivity contribution in [2.45, 2.75) is 13.8 Å². The minimum absolute atomic E-state index is 0.0418. The fourth-order valence-corrected chi connectivity index (χ4v) is 4.49. The number of hydrogen-bond acceptors (Lipinski definition) is 1. The van der Waals surface area contributed by atoms with Crippen molar-refractivity contribution in [2.24, 2.45) is 0 Å². The number of nitrogens with zero attached hydrogens (tertiary/aromatic N) is 2. The number of para-hydroxylation sites is 2. The second-order valence-corrected chi connectivity index (χ2v) is 8.48. The molecule has 3 nitrogen and oxygen atoms in total. The molecule has 0 N–H and O–H groups in total. The first kappa shape index (κ1) is 21.5. The van der Waals surface area contributed by atoms with Crippen LogP contribution in [-0.4, -0.2) is 8.97 Å². The molecular weight excluding hydrogens is 416 g/mol. The van der Waals surface area contributed by atoms with Crippen molar-refractivity contribution in [3.8, 4) is 5.69 Å². The molecule has 3 heteroatoms. The Hall–Kier alpha value is -4.37. The van der Waals surface area contributed by atoms with E-state index in [4.69, 9.17) is 0 Å². The highest BCUT2D eigenvalue weighted by Gasteiger charge is 2.16. The molecule has 0 saturated carbocycles. The van der Waals surface area contributed by atoms with Crippen LogP contribution in [0.15, 0.2) is 126 Å². The summed E-state index contributed by atoms with van der Waals surface area (Å²) in [5.41, 5.74) is 8.18. The van der Waals surface area contributed by atoms with Crippen LogP contribution in [0.2, 0.25) is 0 Å². The Kier molecular flexibility index (Phi) is 5.39. The molecule has 166 valence electrons. The molecule has 0 atom stereocenters. The quantitative estimate of drug-likeness (QED) is 0.259. The van der Waals surface area contributed by atoms with Gasteiger partial charge >= 0.3 is 0 Å². The summed E-state index contributed by atoms with van der Waals surface area (Å²) in [5.74, 6) is 0. The van der Waals surface area contributed by atoms with Crippen molar-refractivity contribution in [3.63, 3.8) is 0 Å². The van der Waals surface area contributed by atoms with Crippen molar-refractivity contribution >= 4 is 33.0 Å². The van der Waals surface area contributed by atoms with E-state index in [0.717, 1.165) is 49.9 Å². The van der Waals surface area contributed by atoms with Crippen LogP contribution in [0, 0.1) is 0 Å². The van der Waals surface area contributed by atoms with Crippen LogP contribution in [0.25, 0.3) is 38.7 Å². The third-order valence-corrected chi connectivity index (χ3v) is 6.24. The number of allylic oxidation sites excluding steroid dienone is 6. The molecule has 2 heterocycles. The summed E-state index contributed by atoms with van der Waals surface area (Å²) in [5, 5.41) is 1.04. The van der Waals surface area contributed by atoms with Gasteiger partial charge in [-0.15, -0.1) is 0 Å². The van der Waals surface area contributed by atoms with Gasteiger partial charge in [-0.25, -0.2) is 0 Å². The molecule has 0 fully saturated rings. The summed E-state index contributed by atoms with van der Waals surface area (Å²) in [6, 6.07) is 26.0. The van der Waals surface area contributed by atoms with Crippen LogP contribution in [0.4, 0.5) is 0 Å². The van der Waals surface area contributed by atoms with Crippen LogP contribution in [0.3, 0.4) is 0 Å². The van der Waals surface area contributed by atoms with Crippen LogP contribution in [-0.2, 0) is 0 Å². The zero-order valence-corrected chi connectivity index (χ0v) is 19.5. The third-order valence-electron chi connectivity index (χ3n) is 6.24. The summed E-state index contributed by atoms with van der Waals surface area (Å²) in [4.78, 5) is 13.7. The summed E-state index contributed by atoms with van der Waals surface area (Å²) in [6.45, 7) is 12.5. The van der Waals surface area contributed by atoms with E-state index >= 15 is 0 Å². The molecule has 0 spiro atoms. The maximum Gasteiger partial charge on any atom is 0.279 e.